The lowest BCUT2D eigenvalue weighted by Crippen LogP contribution is -2.46. The van der Waals surface area contributed by atoms with Crippen LogP contribution in [0.1, 0.15) is 24.7 Å². The molecule has 2 heterocycles. The second-order valence-electron chi connectivity index (χ2n) is 5.04. The molecule has 0 aromatic carbocycles. The van der Waals surface area contributed by atoms with Gasteiger partial charge in [-0.2, -0.15) is 0 Å². The summed E-state index contributed by atoms with van der Waals surface area (Å²) in [5.41, 5.74) is 1.24. The molecule has 2 rings (SSSR count). The van der Waals surface area contributed by atoms with Crippen LogP contribution in [0.15, 0.2) is 16.7 Å². The van der Waals surface area contributed by atoms with E-state index >= 15 is 0 Å². The molecule has 3 heteroatoms. The van der Waals surface area contributed by atoms with E-state index in [9.17, 15) is 0 Å². The van der Waals surface area contributed by atoms with Gasteiger partial charge in [0.25, 0.3) is 0 Å². The predicted molar refractivity (Wildman–Crippen MR) is 65.4 cm³/mol. The topological polar surface area (TPSA) is 28.4 Å². The van der Waals surface area contributed by atoms with Crippen molar-refractivity contribution in [2.45, 2.75) is 32.9 Å². The van der Waals surface area contributed by atoms with E-state index in [0.717, 1.165) is 12.3 Å². The molecule has 16 heavy (non-hydrogen) atoms. The highest BCUT2D eigenvalue weighted by molar-refractivity contribution is 5.14. The third-order valence-electron chi connectivity index (χ3n) is 3.60. The number of piperidine rings is 1. The molecule has 90 valence electrons. The lowest BCUT2D eigenvalue weighted by atomic mass is 9.94. The highest BCUT2D eigenvalue weighted by Gasteiger charge is 2.23. The van der Waals surface area contributed by atoms with Gasteiger partial charge >= 0.3 is 0 Å². The van der Waals surface area contributed by atoms with E-state index in [0.29, 0.717) is 12.0 Å². The molecule has 0 amide bonds. The summed E-state index contributed by atoms with van der Waals surface area (Å²) < 4.78 is 5.44. The van der Waals surface area contributed by atoms with Crippen LogP contribution in [0.3, 0.4) is 0 Å². The van der Waals surface area contributed by atoms with Gasteiger partial charge in [-0.25, -0.2) is 0 Å². The summed E-state index contributed by atoms with van der Waals surface area (Å²) in [6, 6.07) is 2.65. The van der Waals surface area contributed by atoms with Gasteiger partial charge in [0.1, 0.15) is 5.76 Å². The zero-order chi connectivity index (χ0) is 11.5. The second kappa shape index (κ2) is 5.02. The maximum absolute atomic E-state index is 5.44. The van der Waals surface area contributed by atoms with Crippen LogP contribution in [-0.2, 0) is 6.54 Å². The third kappa shape index (κ3) is 2.66. The maximum Gasteiger partial charge on any atom is 0.120 e. The molecule has 1 fully saturated rings. The van der Waals surface area contributed by atoms with Gasteiger partial charge in [-0.05, 0) is 44.5 Å². The Morgan fingerprint density at radius 1 is 1.56 bits per heavy atom. The molecule has 1 N–H and O–H groups in total. The lowest BCUT2D eigenvalue weighted by molar-refractivity contribution is 0.172. The van der Waals surface area contributed by atoms with Gasteiger partial charge in [0.2, 0.25) is 0 Å². The Kier molecular flexibility index (Phi) is 3.66. The highest BCUT2D eigenvalue weighted by atomic mass is 16.3. The summed E-state index contributed by atoms with van der Waals surface area (Å²) in [5, 5.41) is 3.61. The smallest absolute Gasteiger partial charge is 0.120 e. The SMILES string of the molecule is Cc1ccoc1CNC1CCN(C)CC1C. The summed E-state index contributed by atoms with van der Waals surface area (Å²) in [6.07, 6.45) is 3.00. The van der Waals surface area contributed by atoms with Gasteiger partial charge in [0, 0.05) is 12.6 Å². The summed E-state index contributed by atoms with van der Waals surface area (Å²) >= 11 is 0. The van der Waals surface area contributed by atoms with Crippen LogP contribution in [0, 0.1) is 12.8 Å². The Bertz CT molecular complexity index is 334. The normalized spacial score (nSPS) is 27.2. The second-order valence-corrected chi connectivity index (χ2v) is 5.04. The van der Waals surface area contributed by atoms with E-state index < -0.39 is 0 Å². The molecule has 1 aliphatic rings. The van der Waals surface area contributed by atoms with Gasteiger partial charge in [-0.3, -0.25) is 0 Å². The van der Waals surface area contributed by atoms with Crippen molar-refractivity contribution in [3.8, 4) is 0 Å². The van der Waals surface area contributed by atoms with E-state index in [-0.39, 0.29) is 0 Å². The Labute approximate surface area is 97.8 Å². The van der Waals surface area contributed by atoms with Crippen molar-refractivity contribution in [1.29, 1.82) is 0 Å². The first-order chi connectivity index (χ1) is 7.66. The molecule has 1 aliphatic heterocycles. The minimum atomic E-state index is 0.626. The van der Waals surface area contributed by atoms with Crippen molar-refractivity contribution in [3.63, 3.8) is 0 Å². The zero-order valence-corrected chi connectivity index (χ0v) is 10.5. The van der Waals surface area contributed by atoms with Crippen molar-refractivity contribution in [2.24, 2.45) is 5.92 Å². The first-order valence-electron chi connectivity index (χ1n) is 6.11. The molecule has 1 saturated heterocycles. The first-order valence-corrected chi connectivity index (χ1v) is 6.11. The van der Waals surface area contributed by atoms with Crippen LogP contribution in [0.5, 0.6) is 0 Å². The number of hydrogen-bond donors (Lipinski definition) is 1. The molecular weight excluding hydrogens is 200 g/mol. The number of likely N-dealkylation sites (tertiary alicyclic amines) is 1. The van der Waals surface area contributed by atoms with Crippen LogP contribution in [0.4, 0.5) is 0 Å². The van der Waals surface area contributed by atoms with E-state index in [1.807, 2.05) is 6.07 Å². The van der Waals surface area contributed by atoms with Crippen LogP contribution in [0.25, 0.3) is 0 Å². The Hall–Kier alpha value is -0.800. The standard InChI is InChI=1S/C13H22N2O/c1-10-5-7-16-13(10)8-14-12-4-6-15(3)9-11(12)2/h5,7,11-12,14H,4,6,8-9H2,1-3H3. The zero-order valence-electron chi connectivity index (χ0n) is 10.5. The first kappa shape index (κ1) is 11.7. The molecule has 2 atom stereocenters. The van der Waals surface area contributed by atoms with Crippen molar-refractivity contribution >= 4 is 0 Å². The number of hydrogen-bond acceptors (Lipinski definition) is 3. The molecule has 0 spiro atoms. The molecule has 1 aromatic heterocycles. The van der Waals surface area contributed by atoms with Crippen molar-refractivity contribution in [1.82, 2.24) is 10.2 Å². The number of furan rings is 1. The summed E-state index contributed by atoms with van der Waals surface area (Å²) in [6.45, 7) is 7.66. The molecule has 0 bridgehead atoms. The number of aryl methyl sites for hydroxylation is 1. The van der Waals surface area contributed by atoms with Crippen LogP contribution < -0.4 is 5.32 Å². The molecule has 0 saturated carbocycles. The number of rotatable bonds is 3. The van der Waals surface area contributed by atoms with Gasteiger partial charge in [0.15, 0.2) is 0 Å². The number of nitrogens with one attached hydrogen (secondary N) is 1. The molecule has 1 aromatic rings. The molecular formula is C13H22N2O. The third-order valence-corrected chi connectivity index (χ3v) is 3.60. The summed E-state index contributed by atoms with van der Waals surface area (Å²) in [4.78, 5) is 2.40. The molecule has 0 radical (unpaired) electrons. The van der Waals surface area contributed by atoms with Gasteiger partial charge in [-0.1, -0.05) is 6.92 Å². The van der Waals surface area contributed by atoms with E-state index in [4.69, 9.17) is 4.42 Å². The van der Waals surface area contributed by atoms with E-state index in [1.54, 1.807) is 6.26 Å². The molecule has 0 aliphatic carbocycles. The molecule has 3 nitrogen and oxygen atoms in total. The Morgan fingerprint density at radius 3 is 3.00 bits per heavy atom. The van der Waals surface area contributed by atoms with Crippen LogP contribution >= 0.6 is 0 Å². The van der Waals surface area contributed by atoms with Crippen molar-refractivity contribution in [2.75, 3.05) is 20.1 Å². The average molecular weight is 222 g/mol. The minimum absolute atomic E-state index is 0.626. The quantitative estimate of drug-likeness (QED) is 0.848. The fraction of sp³-hybridized carbons (Fsp3) is 0.692. The highest BCUT2D eigenvalue weighted by Crippen LogP contribution is 2.16. The largest absolute Gasteiger partial charge is 0.468 e. The molecule has 2 unspecified atom stereocenters. The van der Waals surface area contributed by atoms with E-state index in [1.165, 1.54) is 25.1 Å². The van der Waals surface area contributed by atoms with Crippen LogP contribution in [-0.4, -0.2) is 31.1 Å². The van der Waals surface area contributed by atoms with E-state index in [2.05, 4.69) is 31.1 Å². The summed E-state index contributed by atoms with van der Waals surface area (Å²) in [5.74, 6) is 1.79. The van der Waals surface area contributed by atoms with Crippen molar-refractivity contribution in [3.05, 3.63) is 23.7 Å². The van der Waals surface area contributed by atoms with Gasteiger partial charge in [-0.15, -0.1) is 0 Å². The fourth-order valence-electron chi connectivity index (χ4n) is 2.47. The Balaban J connectivity index is 1.84. The predicted octanol–water partition coefficient (Wildman–Crippen LogP) is 2.02. The Morgan fingerprint density at radius 2 is 2.38 bits per heavy atom. The number of nitrogens with zero attached hydrogens (tertiary/aromatic N) is 1. The average Bonchev–Trinajstić information content (AvgIpc) is 2.63. The van der Waals surface area contributed by atoms with Crippen LogP contribution in [0.2, 0.25) is 0 Å². The summed E-state index contributed by atoms with van der Waals surface area (Å²) in [7, 11) is 2.20. The lowest BCUT2D eigenvalue weighted by Gasteiger charge is -2.35. The van der Waals surface area contributed by atoms with Crippen molar-refractivity contribution < 1.29 is 4.42 Å². The minimum Gasteiger partial charge on any atom is -0.468 e. The maximum atomic E-state index is 5.44. The monoisotopic (exact) mass is 222 g/mol. The van der Waals surface area contributed by atoms with Gasteiger partial charge < -0.3 is 14.6 Å². The fourth-order valence-corrected chi connectivity index (χ4v) is 2.47. The van der Waals surface area contributed by atoms with Gasteiger partial charge in [0.05, 0.1) is 12.8 Å².